The van der Waals surface area contributed by atoms with Crippen LogP contribution < -0.4 is 21.7 Å². The van der Waals surface area contributed by atoms with Crippen LogP contribution >= 0.6 is 11.3 Å². The first-order chi connectivity index (χ1) is 18.8. The van der Waals surface area contributed by atoms with E-state index in [0.29, 0.717) is 28.7 Å². The number of carbonyl (C=O) groups is 1. The topological polar surface area (TPSA) is 130 Å². The molecule has 2 unspecified atom stereocenters. The number of hydrogen-bond acceptors (Lipinski definition) is 9. The summed E-state index contributed by atoms with van der Waals surface area (Å²) in [5.41, 5.74) is 5.80. The zero-order valence-electron chi connectivity index (χ0n) is 22.2. The first kappa shape index (κ1) is 29.5. The van der Waals surface area contributed by atoms with Crippen LogP contribution in [-0.4, -0.2) is 59.3 Å². The Morgan fingerprint density at radius 3 is 2.77 bits per heavy atom. The van der Waals surface area contributed by atoms with Crippen molar-refractivity contribution < 1.29 is 26.9 Å². The molecule has 0 saturated carbocycles. The van der Waals surface area contributed by atoms with E-state index in [-0.39, 0.29) is 40.8 Å². The second-order valence-corrected chi connectivity index (χ2v) is 11.4. The highest BCUT2D eigenvalue weighted by atomic mass is 32.1. The van der Waals surface area contributed by atoms with Crippen LogP contribution in [0.3, 0.4) is 0 Å². The number of thiophene rings is 1. The fraction of sp³-hybridized carbons (Fsp3) is 0.462. The van der Waals surface area contributed by atoms with Gasteiger partial charge in [-0.05, 0) is 50.8 Å². The Labute approximate surface area is 232 Å². The number of fused-ring (bicyclic) bond motifs is 1. The molecule has 1 amide bonds. The van der Waals surface area contributed by atoms with Crippen molar-refractivity contribution in [2.24, 2.45) is 10.7 Å². The molecule has 1 aromatic carbocycles. The average Bonchev–Trinajstić information content (AvgIpc) is 3.48. The van der Waals surface area contributed by atoms with Crippen LogP contribution in [0.5, 0.6) is 0 Å². The molecule has 0 aliphatic carbocycles. The molecule has 2 atom stereocenters. The van der Waals surface area contributed by atoms with Crippen molar-refractivity contribution in [2.75, 3.05) is 18.4 Å². The normalized spacial score (nSPS) is 18.9. The summed E-state index contributed by atoms with van der Waals surface area (Å²) < 4.78 is 61.1. The Kier molecular flexibility index (Phi) is 8.78. The van der Waals surface area contributed by atoms with Gasteiger partial charge in [-0.25, -0.2) is 4.39 Å². The average molecular weight is 582 g/mol. The lowest BCUT2D eigenvalue weighted by Gasteiger charge is -2.28. The van der Waals surface area contributed by atoms with Gasteiger partial charge in [-0.3, -0.25) is 9.79 Å². The first-order valence-corrected chi connectivity index (χ1v) is 13.5. The number of nitrogens with two attached hydrogens (primary N) is 1. The van der Waals surface area contributed by atoms with E-state index in [1.807, 2.05) is 20.8 Å². The number of benzene rings is 1. The minimum atomic E-state index is -4.49. The maximum absolute atomic E-state index is 14.5. The van der Waals surface area contributed by atoms with Crippen molar-refractivity contribution in [3.8, 4) is 10.7 Å². The molecule has 1 saturated heterocycles. The number of carbonyl (C=O) groups excluding carboxylic acids is 1. The molecule has 1 fully saturated rings. The number of piperidine rings is 1. The summed E-state index contributed by atoms with van der Waals surface area (Å²) in [6.07, 6.45) is -3.83. The second kappa shape index (κ2) is 11.9. The molecule has 0 spiro atoms. The number of nitrogens with one attached hydrogen (secondary N) is 3. The van der Waals surface area contributed by atoms with Gasteiger partial charge in [0.05, 0.1) is 45.4 Å². The number of aliphatic imine (C=N–C) groups is 1. The van der Waals surface area contributed by atoms with E-state index in [4.69, 9.17) is 10.3 Å². The second-order valence-electron chi connectivity index (χ2n) is 10.4. The quantitative estimate of drug-likeness (QED) is 0.175. The van der Waals surface area contributed by atoms with Gasteiger partial charge in [0.1, 0.15) is 6.17 Å². The maximum Gasteiger partial charge on any atom is 0.393 e. The fourth-order valence-electron chi connectivity index (χ4n) is 4.14. The molecule has 3 aromatic rings. The Morgan fingerprint density at radius 1 is 1.32 bits per heavy atom. The van der Waals surface area contributed by atoms with Crippen molar-refractivity contribution >= 4 is 39.2 Å². The van der Waals surface area contributed by atoms with E-state index >= 15 is 0 Å². The van der Waals surface area contributed by atoms with Crippen LogP contribution in [0.1, 0.15) is 38.6 Å². The zero-order valence-corrected chi connectivity index (χ0v) is 23.0. The SMILES string of the molecule is CC(C)(C)N=C/C(=C\N)C(=O)NCc1nc(-c2sc3c(NC4CCNCC4F)cccc3c2CC(F)(F)F)no1. The molecule has 4 rings (SSSR count). The zero-order chi connectivity index (χ0) is 29.1. The number of alkyl halides is 4. The van der Waals surface area contributed by atoms with Gasteiger partial charge in [-0.15, -0.1) is 11.3 Å². The van der Waals surface area contributed by atoms with Crippen molar-refractivity contribution in [3.63, 3.8) is 0 Å². The Balaban J connectivity index is 1.60. The van der Waals surface area contributed by atoms with Crippen LogP contribution in [0.4, 0.5) is 23.2 Å². The van der Waals surface area contributed by atoms with Gasteiger partial charge in [0.2, 0.25) is 11.7 Å². The molecule has 216 valence electrons. The van der Waals surface area contributed by atoms with Crippen LogP contribution in [0.15, 0.2) is 39.5 Å². The Morgan fingerprint density at radius 2 is 2.10 bits per heavy atom. The molecule has 2 aromatic heterocycles. The number of anilines is 1. The highest BCUT2D eigenvalue weighted by molar-refractivity contribution is 7.23. The molecule has 40 heavy (non-hydrogen) atoms. The predicted molar refractivity (Wildman–Crippen MR) is 147 cm³/mol. The van der Waals surface area contributed by atoms with E-state index in [1.54, 1.807) is 18.2 Å². The molecular weight excluding hydrogens is 550 g/mol. The van der Waals surface area contributed by atoms with Crippen LogP contribution in [-0.2, 0) is 17.8 Å². The molecule has 5 N–H and O–H groups in total. The van der Waals surface area contributed by atoms with Gasteiger partial charge >= 0.3 is 6.18 Å². The molecular formula is C26H31F4N7O2S. The highest BCUT2D eigenvalue weighted by Crippen LogP contribution is 2.43. The molecule has 0 radical (unpaired) electrons. The molecule has 1 aliphatic heterocycles. The number of nitrogens with zero attached hydrogens (tertiary/aromatic N) is 3. The molecule has 0 bridgehead atoms. The number of aromatic nitrogens is 2. The fourth-order valence-corrected chi connectivity index (χ4v) is 5.36. The van der Waals surface area contributed by atoms with E-state index in [9.17, 15) is 22.4 Å². The van der Waals surface area contributed by atoms with Gasteiger partial charge in [0.15, 0.2) is 0 Å². The van der Waals surface area contributed by atoms with Crippen molar-refractivity contribution in [1.82, 2.24) is 20.8 Å². The Bertz CT molecular complexity index is 1410. The third-order valence-electron chi connectivity index (χ3n) is 6.05. The minimum Gasteiger partial charge on any atom is -0.404 e. The largest absolute Gasteiger partial charge is 0.404 e. The smallest absolute Gasteiger partial charge is 0.393 e. The standard InChI is InChI=1S/C26H31F4N7O2S/c1-25(2,3)34-11-14(10-31)24(38)33-13-20-36-23(37-39-20)22-16(9-26(28,29)30)15-5-4-6-19(21(15)40-22)35-18-7-8-32-12-17(18)27/h4-6,10-11,17-18,32,35H,7-9,12-13,31H2,1-3H3,(H,33,38)/b14-10+,34-11?. The first-order valence-electron chi connectivity index (χ1n) is 12.7. The molecule has 9 nitrogen and oxygen atoms in total. The van der Waals surface area contributed by atoms with Crippen LogP contribution in [0.25, 0.3) is 20.8 Å². The number of halogens is 4. The van der Waals surface area contributed by atoms with Gasteiger partial charge in [-0.1, -0.05) is 17.3 Å². The summed E-state index contributed by atoms with van der Waals surface area (Å²) in [6.45, 7) is 6.25. The number of amides is 1. The van der Waals surface area contributed by atoms with Gasteiger partial charge in [0, 0.05) is 19.0 Å². The predicted octanol–water partition coefficient (Wildman–Crippen LogP) is 4.50. The summed E-state index contributed by atoms with van der Waals surface area (Å²) in [6, 6.07) is 4.48. The van der Waals surface area contributed by atoms with Crippen molar-refractivity contribution in [1.29, 1.82) is 0 Å². The number of rotatable bonds is 8. The summed E-state index contributed by atoms with van der Waals surface area (Å²) >= 11 is 1.07. The number of hydrogen-bond donors (Lipinski definition) is 4. The molecule has 14 heteroatoms. The van der Waals surface area contributed by atoms with Crippen LogP contribution in [0.2, 0.25) is 0 Å². The maximum atomic E-state index is 14.5. The summed E-state index contributed by atoms with van der Waals surface area (Å²) in [4.78, 5) is 21.2. The summed E-state index contributed by atoms with van der Waals surface area (Å²) in [5.74, 6) is -0.573. The van der Waals surface area contributed by atoms with Crippen molar-refractivity contribution in [2.45, 2.75) is 64.1 Å². The third kappa shape index (κ3) is 7.36. The Hall–Kier alpha value is -3.52. The van der Waals surface area contributed by atoms with Crippen LogP contribution in [0, 0.1) is 0 Å². The highest BCUT2D eigenvalue weighted by Gasteiger charge is 2.33. The monoisotopic (exact) mass is 581 g/mol. The van der Waals surface area contributed by atoms with Crippen molar-refractivity contribution in [3.05, 3.63) is 41.4 Å². The molecule has 3 heterocycles. The van der Waals surface area contributed by atoms with Gasteiger partial charge in [-0.2, -0.15) is 18.2 Å². The summed E-state index contributed by atoms with van der Waals surface area (Å²) in [5, 5.41) is 13.0. The third-order valence-corrected chi connectivity index (χ3v) is 7.33. The minimum absolute atomic E-state index is 0.00129. The van der Waals surface area contributed by atoms with E-state index in [1.165, 1.54) is 6.21 Å². The lowest BCUT2D eigenvalue weighted by molar-refractivity contribution is -0.126. The van der Waals surface area contributed by atoms with Gasteiger partial charge < -0.3 is 26.2 Å². The van der Waals surface area contributed by atoms with E-state index < -0.39 is 36.3 Å². The molecule has 1 aliphatic rings. The summed E-state index contributed by atoms with van der Waals surface area (Å²) in [7, 11) is 0. The van der Waals surface area contributed by atoms with Gasteiger partial charge in [0.25, 0.3) is 5.91 Å². The lowest BCUT2D eigenvalue weighted by atomic mass is 10.0. The lowest BCUT2D eigenvalue weighted by Crippen LogP contribution is -2.45. The van der Waals surface area contributed by atoms with E-state index in [2.05, 4.69) is 31.1 Å². The van der Waals surface area contributed by atoms with E-state index in [0.717, 1.165) is 17.5 Å².